The van der Waals surface area contributed by atoms with E-state index in [0.717, 1.165) is 25.1 Å². The zero-order chi connectivity index (χ0) is 11.4. The van der Waals surface area contributed by atoms with Gasteiger partial charge in [0.2, 0.25) is 0 Å². The third kappa shape index (κ3) is 2.74. The van der Waals surface area contributed by atoms with Gasteiger partial charge in [-0.3, -0.25) is 0 Å². The molecule has 0 radical (unpaired) electrons. The maximum absolute atomic E-state index is 5.88. The molecule has 0 spiro atoms. The third-order valence-electron chi connectivity index (χ3n) is 2.94. The summed E-state index contributed by atoms with van der Waals surface area (Å²) in [5.74, 6) is 0.444. The highest BCUT2D eigenvalue weighted by Gasteiger charge is 2.27. The van der Waals surface area contributed by atoms with Gasteiger partial charge in [0.25, 0.3) is 0 Å². The van der Waals surface area contributed by atoms with Gasteiger partial charge in [-0.25, -0.2) is 0 Å². The van der Waals surface area contributed by atoms with Gasteiger partial charge < -0.3 is 14.5 Å². The summed E-state index contributed by atoms with van der Waals surface area (Å²) in [5, 5.41) is 3.37. The van der Waals surface area contributed by atoms with Gasteiger partial charge in [-0.05, 0) is 31.5 Å². The van der Waals surface area contributed by atoms with Gasteiger partial charge in [-0.1, -0.05) is 12.2 Å². The molecule has 1 aromatic heterocycles. The first-order valence-corrected chi connectivity index (χ1v) is 5.76. The Morgan fingerprint density at radius 1 is 1.69 bits per heavy atom. The molecule has 1 saturated heterocycles. The van der Waals surface area contributed by atoms with Crippen LogP contribution in [-0.4, -0.2) is 25.8 Å². The average Bonchev–Trinajstić information content (AvgIpc) is 2.80. The van der Waals surface area contributed by atoms with E-state index < -0.39 is 0 Å². The molecular formula is C13H19NO2. The van der Waals surface area contributed by atoms with Gasteiger partial charge in [-0.15, -0.1) is 0 Å². The number of hydrogen-bond donors (Lipinski definition) is 1. The Kier molecular flexibility index (Phi) is 3.80. The predicted molar refractivity (Wildman–Crippen MR) is 63.5 cm³/mol. The van der Waals surface area contributed by atoms with Crippen LogP contribution in [0.25, 0.3) is 0 Å². The van der Waals surface area contributed by atoms with Crippen molar-refractivity contribution in [2.24, 2.45) is 0 Å². The van der Waals surface area contributed by atoms with Crippen LogP contribution < -0.4 is 5.32 Å². The molecule has 0 aliphatic carbocycles. The zero-order valence-corrected chi connectivity index (χ0v) is 9.74. The molecule has 0 unspecified atom stereocenters. The Bertz CT molecular complexity index is 332. The SMILES string of the molecule is C=C(C)CO[C@@H]1CNCC[C@H]1c1ccoc1. The standard InChI is InChI=1S/C13H19NO2/c1-10(2)8-16-13-7-14-5-3-12(13)11-4-6-15-9-11/h4,6,9,12-14H,1,3,5,7-8H2,2H3/t12-,13+/m0/s1. The third-order valence-corrected chi connectivity index (χ3v) is 2.94. The second-order valence-electron chi connectivity index (χ2n) is 4.46. The first-order chi connectivity index (χ1) is 7.77. The summed E-state index contributed by atoms with van der Waals surface area (Å²) in [6.45, 7) is 8.44. The van der Waals surface area contributed by atoms with E-state index in [-0.39, 0.29) is 6.10 Å². The summed E-state index contributed by atoms with van der Waals surface area (Å²) in [5.41, 5.74) is 2.31. The van der Waals surface area contributed by atoms with Crippen LogP contribution in [0.15, 0.2) is 35.2 Å². The van der Waals surface area contributed by atoms with Crippen molar-refractivity contribution in [2.45, 2.75) is 25.4 Å². The Morgan fingerprint density at radius 2 is 2.56 bits per heavy atom. The maximum Gasteiger partial charge on any atom is 0.0938 e. The van der Waals surface area contributed by atoms with Gasteiger partial charge in [0.05, 0.1) is 25.2 Å². The lowest BCUT2D eigenvalue weighted by molar-refractivity contribution is 0.0355. The summed E-state index contributed by atoms with van der Waals surface area (Å²) >= 11 is 0. The Balaban J connectivity index is 2.00. The van der Waals surface area contributed by atoms with Crippen molar-refractivity contribution < 1.29 is 9.15 Å². The van der Waals surface area contributed by atoms with Crippen molar-refractivity contribution in [3.63, 3.8) is 0 Å². The largest absolute Gasteiger partial charge is 0.472 e. The van der Waals surface area contributed by atoms with Crippen LogP contribution in [0.4, 0.5) is 0 Å². The van der Waals surface area contributed by atoms with Crippen LogP contribution in [-0.2, 0) is 4.74 Å². The Labute approximate surface area is 96.5 Å². The molecule has 2 heterocycles. The monoisotopic (exact) mass is 221 g/mol. The van der Waals surface area contributed by atoms with Crippen molar-refractivity contribution in [1.82, 2.24) is 5.32 Å². The number of ether oxygens (including phenoxy) is 1. The highest BCUT2D eigenvalue weighted by Crippen LogP contribution is 2.28. The molecular weight excluding hydrogens is 202 g/mol. The Hall–Kier alpha value is -1.06. The Morgan fingerprint density at radius 3 is 3.25 bits per heavy atom. The molecule has 3 heteroatoms. The van der Waals surface area contributed by atoms with Crippen LogP contribution in [0.5, 0.6) is 0 Å². The summed E-state index contributed by atoms with van der Waals surface area (Å²) in [7, 11) is 0. The van der Waals surface area contributed by atoms with Gasteiger partial charge in [0.15, 0.2) is 0 Å². The van der Waals surface area contributed by atoms with E-state index in [1.807, 2.05) is 19.3 Å². The van der Waals surface area contributed by atoms with E-state index in [9.17, 15) is 0 Å². The van der Waals surface area contributed by atoms with Gasteiger partial charge >= 0.3 is 0 Å². The molecule has 1 aliphatic rings. The molecule has 0 aromatic carbocycles. The number of hydrogen-bond acceptors (Lipinski definition) is 3. The lowest BCUT2D eigenvalue weighted by atomic mass is 9.89. The lowest BCUT2D eigenvalue weighted by Gasteiger charge is -2.31. The first kappa shape index (κ1) is 11.4. The van der Waals surface area contributed by atoms with Gasteiger partial charge in [-0.2, -0.15) is 0 Å². The topological polar surface area (TPSA) is 34.4 Å². The molecule has 2 atom stereocenters. The van der Waals surface area contributed by atoms with E-state index in [0.29, 0.717) is 12.5 Å². The molecule has 1 aliphatic heterocycles. The van der Waals surface area contributed by atoms with Crippen molar-refractivity contribution >= 4 is 0 Å². The molecule has 1 aromatic rings. The molecule has 88 valence electrons. The molecule has 0 saturated carbocycles. The van der Waals surface area contributed by atoms with Crippen LogP contribution in [0.2, 0.25) is 0 Å². The smallest absolute Gasteiger partial charge is 0.0938 e. The molecule has 3 nitrogen and oxygen atoms in total. The van der Waals surface area contributed by atoms with E-state index in [1.165, 1.54) is 5.56 Å². The molecule has 16 heavy (non-hydrogen) atoms. The van der Waals surface area contributed by atoms with E-state index in [1.54, 1.807) is 6.26 Å². The molecule has 1 N–H and O–H groups in total. The normalized spacial score (nSPS) is 25.6. The molecule has 0 bridgehead atoms. The van der Waals surface area contributed by atoms with Crippen LogP contribution in [0.1, 0.15) is 24.8 Å². The highest BCUT2D eigenvalue weighted by atomic mass is 16.5. The van der Waals surface area contributed by atoms with Gasteiger partial charge in [0, 0.05) is 12.5 Å². The van der Waals surface area contributed by atoms with Crippen molar-refractivity contribution in [2.75, 3.05) is 19.7 Å². The summed E-state index contributed by atoms with van der Waals surface area (Å²) in [4.78, 5) is 0. The van der Waals surface area contributed by atoms with Crippen LogP contribution in [0.3, 0.4) is 0 Å². The van der Waals surface area contributed by atoms with Crippen molar-refractivity contribution in [3.8, 4) is 0 Å². The maximum atomic E-state index is 5.88. The highest BCUT2D eigenvalue weighted by molar-refractivity contribution is 5.16. The fourth-order valence-electron chi connectivity index (χ4n) is 2.12. The number of piperidine rings is 1. The average molecular weight is 221 g/mol. The second kappa shape index (κ2) is 5.32. The molecule has 1 fully saturated rings. The fourth-order valence-corrected chi connectivity index (χ4v) is 2.12. The minimum Gasteiger partial charge on any atom is -0.472 e. The summed E-state index contributed by atoms with van der Waals surface area (Å²) < 4.78 is 11.0. The quantitative estimate of drug-likeness (QED) is 0.792. The second-order valence-corrected chi connectivity index (χ2v) is 4.46. The number of furan rings is 1. The van der Waals surface area contributed by atoms with E-state index >= 15 is 0 Å². The van der Waals surface area contributed by atoms with Gasteiger partial charge in [0.1, 0.15) is 0 Å². The van der Waals surface area contributed by atoms with Crippen molar-refractivity contribution in [3.05, 3.63) is 36.3 Å². The fraction of sp³-hybridized carbons (Fsp3) is 0.538. The van der Waals surface area contributed by atoms with Crippen LogP contribution in [0, 0.1) is 0 Å². The minimum absolute atomic E-state index is 0.225. The predicted octanol–water partition coefficient (Wildman–Crippen LogP) is 2.32. The van der Waals surface area contributed by atoms with E-state index in [4.69, 9.17) is 9.15 Å². The zero-order valence-electron chi connectivity index (χ0n) is 9.74. The van der Waals surface area contributed by atoms with Crippen LogP contribution >= 0.6 is 0 Å². The lowest BCUT2D eigenvalue weighted by Crippen LogP contribution is -2.41. The summed E-state index contributed by atoms with van der Waals surface area (Å²) in [6.07, 6.45) is 4.88. The molecule has 0 amide bonds. The summed E-state index contributed by atoms with van der Waals surface area (Å²) in [6, 6.07) is 2.03. The number of rotatable bonds is 4. The number of nitrogens with one attached hydrogen (secondary N) is 1. The first-order valence-electron chi connectivity index (χ1n) is 5.76. The van der Waals surface area contributed by atoms with Crippen molar-refractivity contribution in [1.29, 1.82) is 0 Å². The minimum atomic E-state index is 0.225. The van der Waals surface area contributed by atoms with E-state index in [2.05, 4.69) is 11.9 Å². The molecule has 2 rings (SSSR count).